The van der Waals surface area contributed by atoms with E-state index in [2.05, 4.69) is 0 Å². The van der Waals surface area contributed by atoms with Crippen LogP contribution in [-0.2, 0) is 0 Å². The lowest BCUT2D eigenvalue weighted by Gasteiger charge is -2.08. The highest BCUT2D eigenvalue weighted by Gasteiger charge is 2.30. The number of hydrogen-bond donors (Lipinski definition) is 1. The van der Waals surface area contributed by atoms with Gasteiger partial charge < -0.3 is 19.3 Å². The van der Waals surface area contributed by atoms with Crippen molar-refractivity contribution in [3.8, 4) is 23.0 Å². The Labute approximate surface area is 133 Å². The predicted molar refractivity (Wildman–Crippen MR) is 85.3 cm³/mol. The van der Waals surface area contributed by atoms with Crippen LogP contribution in [0.25, 0.3) is 6.08 Å². The third-order valence-corrected chi connectivity index (χ3v) is 3.78. The SMILES string of the molecule is COc1ccc(/C=C2\Oc3c(ccc(O)c3C)C2=O)c(OC)c1. The first kappa shape index (κ1) is 15.0. The molecule has 0 unspecified atom stereocenters. The third kappa shape index (κ3) is 2.50. The minimum Gasteiger partial charge on any atom is -0.508 e. The van der Waals surface area contributed by atoms with Crippen molar-refractivity contribution in [2.24, 2.45) is 0 Å². The van der Waals surface area contributed by atoms with E-state index in [0.717, 1.165) is 0 Å². The summed E-state index contributed by atoms with van der Waals surface area (Å²) >= 11 is 0. The van der Waals surface area contributed by atoms with Gasteiger partial charge in [-0.3, -0.25) is 4.79 Å². The van der Waals surface area contributed by atoms with Gasteiger partial charge >= 0.3 is 0 Å². The van der Waals surface area contributed by atoms with Crippen LogP contribution >= 0.6 is 0 Å². The van der Waals surface area contributed by atoms with E-state index >= 15 is 0 Å². The van der Waals surface area contributed by atoms with Crippen LogP contribution in [0.4, 0.5) is 0 Å². The number of phenols is 1. The zero-order valence-corrected chi connectivity index (χ0v) is 13.0. The van der Waals surface area contributed by atoms with Gasteiger partial charge in [-0.1, -0.05) is 0 Å². The maximum Gasteiger partial charge on any atom is 0.231 e. The molecule has 2 aromatic rings. The number of ketones is 1. The van der Waals surface area contributed by atoms with E-state index in [1.54, 1.807) is 51.5 Å². The third-order valence-electron chi connectivity index (χ3n) is 3.78. The average molecular weight is 312 g/mol. The number of rotatable bonds is 3. The van der Waals surface area contributed by atoms with Gasteiger partial charge in [0.2, 0.25) is 5.78 Å². The molecule has 1 N–H and O–H groups in total. The van der Waals surface area contributed by atoms with E-state index in [-0.39, 0.29) is 17.3 Å². The first-order chi connectivity index (χ1) is 11.0. The lowest BCUT2D eigenvalue weighted by atomic mass is 10.1. The van der Waals surface area contributed by atoms with Gasteiger partial charge in [0.15, 0.2) is 5.76 Å². The maximum atomic E-state index is 12.4. The monoisotopic (exact) mass is 312 g/mol. The van der Waals surface area contributed by atoms with Crippen LogP contribution in [-0.4, -0.2) is 25.1 Å². The van der Waals surface area contributed by atoms with Crippen LogP contribution in [0.5, 0.6) is 23.0 Å². The Hall–Kier alpha value is -2.95. The smallest absolute Gasteiger partial charge is 0.231 e. The topological polar surface area (TPSA) is 65.0 Å². The number of methoxy groups -OCH3 is 2. The molecule has 3 rings (SSSR count). The van der Waals surface area contributed by atoms with Crippen molar-refractivity contribution in [3.63, 3.8) is 0 Å². The van der Waals surface area contributed by atoms with Crippen LogP contribution in [0.15, 0.2) is 36.1 Å². The van der Waals surface area contributed by atoms with Gasteiger partial charge in [0.1, 0.15) is 23.0 Å². The van der Waals surface area contributed by atoms with Gasteiger partial charge in [0.05, 0.1) is 19.8 Å². The van der Waals surface area contributed by atoms with E-state index in [0.29, 0.717) is 33.9 Å². The Bertz CT molecular complexity index is 820. The molecule has 0 saturated carbocycles. The summed E-state index contributed by atoms with van der Waals surface area (Å²) in [7, 11) is 3.12. The van der Waals surface area contributed by atoms with Crippen LogP contribution in [0.2, 0.25) is 0 Å². The molecule has 0 spiro atoms. The first-order valence-electron chi connectivity index (χ1n) is 7.04. The van der Waals surface area contributed by atoms with Crippen molar-refractivity contribution >= 4 is 11.9 Å². The molecule has 0 bridgehead atoms. The highest BCUT2D eigenvalue weighted by molar-refractivity contribution is 6.15. The summed E-state index contributed by atoms with van der Waals surface area (Å²) in [4.78, 5) is 12.4. The molecule has 0 amide bonds. The molecule has 1 aliphatic heterocycles. The standard InChI is InChI=1S/C18H16O5/c1-10-14(19)7-6-13-17(20)16(23-18(10)13)8-11-4-5-12(21-2)9-15(11)22-3/h4-9,19H,1-3H3/b16-8-. The second kappa shape index (κ2) is 5.68. The van der Waals surface area contributed by atoms with Crippen LogP contribution in [0, 0.1) is 6.92 Å². The van der Waals surface area contributed by atoms with E-state index in [4.69, 9.17) is 14.2 Å². The molecule has 5 nitrogen and oxygen atoms in total. The van der Waals surface area contributed by atoms with Crippen LogP contribution in [0.3, 0.4) is 0 Å². The highest BCUT2D eigenvalue weighted by atomic mass is 16.5. The van der Waals surface area contributed by atoms with Gasteiger partial charge in [-0.25, -0.2) is 0 Å². The number of fused-ring (bicyclic) bond motifs is 1. The normalized spacial score (nSPS) is 14.6. The van der Waals surface area contributed by atoms with Gasteiger partial charge in [0.25, 0.3) is 0 Å². The minimum absolute atomic E-state index is 0.0971. The molecule has 2 aromatic carbocycles. The van der Waals surface area contributed by atoms with Gasteiger partial charge in [-0.05, 0) is 37.3 Å². The molecule has 0 aliphatic carbocycles. The number of ether oxygens (including phenoxy) is 3. The molecule has 1 aliphatic rings. The molecule has 0 aromatic heterocycles. The van der Waals surface area contributed by atoms with Crippen molar-refractivity contribution in [1.82, 2.24) is 0 Å². The Balaban J connectivity index is 2.03. The van der Waals surface area contributed by atoms with Gasteiger partial charge in [0, 0.05) is 17.2 Å². The molecule has 0 atom stereocenters. The summed E-state index contributed by atoms with van der Waals surface area (Å²) in [6.45, 7) is 1.71. The molecular weight excluding hydrogens is 296 g/mol. The van der Waals surface area contributed by atoms with E-state index in [1.165, 1.54) is 6.07 Å². The Morgan fingerprint density at radius 2 is 1.91 bits per heavy atom. The minimum atomic E-state index is -0.221. The van der Waals surface area contributed by atoms with Crippen molar-refractivity contribution in [2.45, 2.75) is 6.92 Å². The lowest BCUT2D eigenvalue weighted by Crippen LogP contribution is -1.99. The second-order valence-corrected chi connectivity index (χ2v) is 5.13. The van der Waals surface area contributed by atoms with E-state index < -0.39 is 0 Å². The van der Waals surface area contributed by atoms with Crippen molar-refractivity contribution in [2.75, 3.05) is 14.2 Å². The molecule has 23 heavy (non-hydrogen) atoms. The molecule has 0 saturated heterocycles. The lowest BCUT2D eigenvalue weighted by molar-refractivity contribution is 0.101. The Morgan fingerprint density at radius 3 is 2.61 bits per heavy atom. The van der Waals surface area contributed by atoms with Crippen molar-refractivity contribution < 1.29 is 24.1 Å². The number of hydrogen-bond acceptors (Lipinski definition) is 5. The zero-order valence-electron chi connectivity index (χ0n) is 13.0. The van der Waals surface area contributed by atoms with Crippen molar-refractivity contribution in [3.05, 3.63) is 52.8 Å². The fraction of sp³-hybridized carbons (Fsp3) is 0.167. The zero-order chi connectivity index (χ0) is 16.6. The number of phenolic OH excluding ortho intramolecular Hbond substituents is 1. The molecule has 118 valence electrons. The second-order valence-electron chi connectivity index (χ2n) is 5.13. The van der Waals surface area contributed by atoms with Crippen LogP contribution in [0.1, 0.15) is 21.5 Å². The summed E-state index contributed by atoms with van der Waals surface area (Å²) in [5.74, 6) is 1.70. The Kier molecular flexibility index (Phi) is 3.70. The number of benzene rings is 2. The van der Waals surface area contributed by atoms with Gasteiger partial charge in [-0.15, -0.1) is 0 Å². The number of allylic oxidation sites excluding steroid dienone is 1. The molecule has 0 radical (unpaired) electrons. The summed E-state index contributed by atoms with van der Waals surface area (Å²) in [6, 6.07) is 8.35. The average Bonchev–Trinajstić information content (AvgIpc) is 2.88. The molecule has 1 heterocycles. The van der Waals surface area contributed by atoms with E-state index in [1.807, 2.05) is 0 Å². The first-order valence-corrected chi connectivity index (χ1v) is 7.04. The number of aromatic hydroxyl groups is 1. The van der Waals surface area contributed by atoms with Gasteiger partial charge in [-0.2, -0.15) is 0 Å². The molecular formula is C18H16O5. The molecule has 0 fully saturated rings. The highest BCUT2D eigenvalue weighted by Crippen LogP contribution is 2.39. The van der Waals surface area contributed by atoms with E-state index in [9.17, 15) is 9.90 Å². The van der Waals surface area contributed by atoms with Crippen LogP contribution < -0.4 is 14.2 Å². The summed E-state index contributed by atoms with van der Waals surface area (Å²) in [5.41, 5.74) is 1.69. The summed E-state index contributed by atoms with van der Waals surface area (Å²) in [5, 5.41) is 9.74. The number of Topliss-reactive ketones (excluding diaryl/α,β-unsaturated/α-hetero) is 1. The quantitative estimate of drug-likeness (QED) is 0.881. The fourth-order valence-electron chi connectivity index (χ4n) is 2.45. The largest absolute Gasteiger partial charge is 0.508 e. The van der Waals surface area contributed by atoms with Crippen molar-refractivity contribution in [1.29, 1.82) is 0 Å². The number of carbonyl (C=O) groups excluding carboxylic acids is 1. The Morgan fingerprint density at radius 1 is 1.13 bits per heavy atom. The maximum absolute atomic E-state index is 12.4. The molecule has 5 heteroatoms. The summed E-state index contributed by atoms with van der Waals surface area (Å²) in [6.07, 6.45) is 1.62. The number of carbonyl (C=O) groups is 1. The summed E-state index contributed by atoms with van der Waals surface area (Å²) < 4.78 is 16.1. The predicted octanol–water partition coefficient (Wildman–Crippen LogP) is 3.33. The fourth-order valence-corrected chi connectivity index (χ4v) is 2.45.